The molecule has 2 aliphatic rings. The fourth-order valence-electron chi connectivity index (χ4n) is 6.13. The van der Waals surface area contributed by atoms with Gasteiger partial charge >= 0.3 is 0 Å². The molecule has 11 heteroatoms. The maximum atomic E-state index is 14.1. The molecule has 0 aromatic rings. The average molecular weight is 608 g/mol. The number of aliphatic hydroxyl groups is 2. The number of hydrogen-bond donors (Lipinski definition) is 4. The van der Waals surface area contributed by atoms with Gasteiger partial charge in [-0.15, -0.1) is 0 Å². The molecule has 246 valence electrons. The Hall–Kier alpha value is -2.50. The predicted octanol–water partition coefficient (Wildman–Crippen LogP) is 1.67. The molecule has 0 aromatic carbocycles. The number of likely N-dealkylation sites (tertiary alicyclic amines) is 2. The van der Waals surface area contributed by atoms with Crippen LogP contribution >= 0.6 is 0 Å². The lowest BCUT2D eigenvalue weighted by atomic mass is 9.84. The third-order valence-electron chi connectivity index (χ3n) is 8.75. The first-order chi connectivity index (χ1) is 20.0. The van der Waals surface area contributed by atoms with E-state index in [0.717, 1.165) is 25.8 Å². The van der Waals surface area contributed by atoms with Gasteiger partial charge in [0.05, 0.1) is 31.3 Å². The zero-order valence-electron chi connectivity index (χ0n) is 27.9. The van der Waals surface area contributed by atoms with Crippen LogP contribution in [0.2, 0.25) is 0 Å². The van der Waals surface area contributed by atoms with Gasteiger partial charge in [0.15, 0.2) is 0 Å². The Morgan fingerprint density at radius 3 is 2.02 bits per heavy atom. The molecule has 2 rings (SSSR count). The Morgan fingerprint density at radius 1 is 0.907 bits per heavy atom. The number of rotatable bonds is 12. The molecule has 0 aromatic heterocycles. The Morgan fingerprint density at radius 2 is 1.49 bits per heavy atom. The van der Waals surface area contributed by atoms with E-state index < -0.39 is 48.7 Å². The summed E-state index contributed by atoms with van der Waals surface area (Å²) >= 11 is 0. The molecule has 3 unspecified atom stereocenters. The molecule has 4 N–H and O–H groups in total. The van der Waals surface area contributed by atoms with Crippen LogP contribution in [0.25, 0.3) is 0 Å². The number of hydrogen-bond acceptors (Lipinski definition) is 7. The van der Waals surface area contributed by atoms with Crippen molar-refractivity contribution in [2.75, 3.05) is 33.4 Å². The lowest BCUT2D eigenvalue weighted by Gasteiger charge is -2.41. The predicted molar refractivity (Wildman–Crippen MR) is 167 cm³/mol. The Bertz CT molecular complexity index is 1000. The van der Waals surface area contributed by atoms with Crippen LogP contribution in [0.3, 0.4) is 0 Å². The maximum Gasteiger partial charge on any atom is 0.249 e. The first kappa shape index (κ1) is 36.7. The van der Waals surface area contributed by atoms with Gasteiger partial charge in [-0.1, -0.05) is 47.1 Å². The Kier molecular flexibility index (Phi) is 13.6. The average Bonchev–Trinajstić information content (AvgIpc) is 3.45. The van der Waals surface area contributed by atoms with E-state index in [4.69, 9.17) is 0 Å². The summed E-state index contributed by atoms with van der Waals surface area (Å²) < 4.78 is 0. The molecule has 0 saturated carbocycles. The van der Waals surface area contributed by atoms with Crippen molar-refractivity contribution in [1.29, 1.82) is 0 Å². The highest BCUT2D eigenvalue weighted by Crippen LogP contribution is 2.27. The molecule has 11 nitrogen and oxygen atoms in total. The van der Waals surface area contributed by atoms with Crippen molar-refractivity contribution in [1.82, 2.24) is 25.3 Å². The summed E-state index contributed by atoms with van der Waals surface area (Å²) in [5, 5.41) is 24.4. The van der Waals surface area contributed by atoms with E-state index in [2.05, 4.69) is 29.4 Å². The monoisotopic (exact) mass is 607 g/mol. The molecule has 0 aliphatic carbocycles. The Labute approximate surface area is 258 Å². The van der Waals surface area contributed by atoms with Crippen molar-refractivity contribution in [3.05, 3.63) is 11.6 Å². The van der Waals surface area contributed by atoms with Gasteiger partial charge in [0.2, 0.25) is 23.6 Å². The lowest BCUT2D eigenvalue weighted by molar-refractivity contribution is -0.142. The topological polar surface area (TPSA) is 143 Å². The summed E-state index contributed by atoms with van der Waals surface area (Å²) in [6, 6.07) is -2.71. The van der Waals surface area contributed by atoms with Crippen molar-refractivity contribution in [2.24, 2.45) is 11.3 Å². The normalized spacial score (nSPS) is 21.7. The fourth-order valence-corrected chi connectivity index (χ4v) is 6.13. The highest BCUT2D eigenvalue weighted by atomic mass is 16.3. The molecule has 4 amide bonds. The quantitative estimate of drug-likeness (QED) is 0.247. The third kappa shape index (κ3) is 9.49. The number of aliphatic hydroxyl groups excluding tert-OH is 2. The smallest absolute Gasteiger partial charge is 0.249 e. The minimum atomic E-state index is -0.783. The maximum absolute atomic E-state index is 14.1. The molecular formula is C32H57N5O6. The summed E-state index contributed by atoms with van der Waals surface area (Å²) in [6.45, 7) is 16.1. The lowest BCUT2D eigenvalue weighted by Crippen LogP contribution is -2.60. The largest absolute Gasteiger partial charge is 0.394 e. The zero-order chi connectivity index (χ0) is 32.6. The van der Waals surface area contributed by atoms with Crippen LogP contribution < -0.4 is 10.6 Å². The van der Waals surface area contributed by atoms with Crippen LogP contribution in [-0.2, 0) is 19.2 Å². The number of amides is 4. The van der Waals surface area contributed by atoms with Gasteiger partial charge < -0.3 is 30.6 Å². The second kappa shape index (κ2) is 16.0. The molecule has 2 saturated heterocycles. The second-order valence-electron chi connectivity index (χ2n) is 13.9. The van der Waals surface area contributed by atoms with Crippen LogP contribution in [0, 0.1) is 11.3 Å². The summed E-state index contributed by atoms with van der Waals surface area (Å²) in [6.07, 6.45) is 5.73. The number of likely N-dealkylation sites (N-methyl/N-ethyl adjacent to an activating group) is 1. The van der Waals surface area contributed by atoms with Crippen LogP contribution in [0.1, 0.15) is 87.5 Å². The van der Waals surface area contributed by atoms with Gasteiger partial charge in [-0.05, 0) is 64.3 Å². The van der Waals surface area contributed by atoms with E-state index in [-0.39, 0.29) is 35.7 Å². The number of carbonyl (C=O) groups excluding carboxylic acids is 4. The van der Waals surface area contributed by atoms with Crippen molar-refractivity contribution in [3.63, 3.8) is 0 Å². The highest BCUT2D eigenvalue weighted by Gasteiger charge is 2.40. The summed E-state index contributed by atoms with van der Waals surface area (Å²) in [7, 11) is 1.71. The number of nitrogens with one attached hydrogen (secondary N) is 2. The molecule has 2 heterocycles. The number of carbonyl (C=O) groups is 4. The molecule has 2 fully saturated rings. The first-order valence-corrected chi connectivity index (χ1v) is 15.9. The minimum absolute atomic E-state index is 0.0321. The van der Waals surface area contributed by atoms with Crippen LogP contribution in [0.4, 0.5) is 0 Å². The van der Waals surface area contributed by atoms with Gasteiger partial charge in [-0.3, -0.25) is 24.1 Å². The van der Waals surface area contributed by atoms with Crippen LogP contribution in [0.5, 0.6) is 0 Å². The van der Waals surface area contributed by atoms with Crippen molar-refractivity contribution < 1.29 is 29.4 Å². The minimum Gasteiger partial charge on any atom is -0.394 e. The van der Waals surface area contributed by atoms with E-state index in [1.807, 2.05) is 34.6 Å². The molecule has 0 radical (unpaired) electrons. The van der Waals surface area contributed by atoms with Gasteiger partial charge in [-0.2, -0.15) is 0 Å². The van der Waals surface area contributed by atoms with Gasteiger partial charge in [0, 0.05) is 25.2 Å². The van der Waals surface area contributed by atoms with Crippen molar-refractivity contribution >= 4 is 23.6 Å². The van der Waals surface area contributed by atoms with E-state index in [1.165, 1.54) is 4.90 Å². The molecule has 0 bridgehead atoms. The van der Waals surface area contributed by atoms with Gasteiger partial charge in [-0.25, -0.2) is 0 Å². The van der Waals surface area contributed by atoms with E-state index >= 15 is 0 Å². The zero-order valence-corrected chi connectivity index (χ0v) is 27.9. The summed E-state index contributed by atoms with van der Waals surface area (Å²) in [5.74, 6) is -1.07. The van der Waals surface area contributed by atoms with Crippen molar-refractivity contribution in [3.8, 4) is 0 Å². The molecule has 4 atom stereocenters. The highest BCUT2D eigenvalue weighted by molar-refractivity contribution is 5.97. The van der Waals surface area contributed by atoms with Crippen LogP contribution in [-0.4, -0.2) is 118 Å². The fraction of sp³-hybridized carbons (Fsp3) is 0.812. The summed E-state index contributed by atoms with van der Waals surface area (Å²) in [4.78, 5) is 59.4. The van der Waals surface area contributed by atoms with Crippen LogP contribution in [0.15, 0.2) is 11.6 Å². The number of piperidine rings is 1. The molecule has 2 aliphatic heterocycles. The van der Waals surface area contributed by atoms with E-state index in [9.17, 15) is 29.4 Å². The van der Waals surface area contributed by atoms with Gasteiger partial charge in [0.25, 0.3) is 0 Å². The Balaban J connectivity index is 2.26. The van der Waals surface area contributed by atoms with Crippen molar-refractivity contribution in [2.45, 2.75) is 124 Å². The summed E-state index contributed by atoms with van der Waals surface area (Å²) in [5.41, 5.74) is -0.129. The first-order valence-electron chi connectivity index (χ1n) is 15.9. The standard InChI is InChI=1S/C32H57N5O6/c1-20(2)26(17-22(5)30(42)37-16-12-14-25(37)28(40)33-23(18-38)19-39)35(9)31(43)27(32(6,7)8)34-29(41)24-13-10-11-15-36(24)21(3)4/h17,20-21,23-27,38-39H,10-16,18-19H2,1-9H3,(H,33,40)(H,34,41)/b22-17+/t24?,25?,26-,27?/m1/s1. The molecular weight excluding hydrogens is 550 g/mol. The third-order valence-corrected chi connectivity index (χ3v) is 8.75. The van der Waals surface area contributed by atoms with E-state index in [1.54, 1.807) is 24.9 Å². The second-order valence-corrected chi connectivity index (χ2v) is 13.9. The molecule has 0 spiro atoms. The van der Waals surface area contributed by atoms with E-state index in [0.29, 0.717) is 25.0 Å². The molecule has 43 heavy (non-hydrogen) atoms. The number of nitrogens with zero attached hydrogens (tertiary/aromatic N) is 3. The SMILES string of the molecule is C/C(=C\[C@H](C(C)C)N(C)C(=O)C(NC(=O)C1CCCCN1C(C)C)C(C)(C)C)C(=O)N1CCCC1C(=O)NC(CO)CO. The van der Waals surface area contributed by atoms with Gasteiger partial charge in [0.1, 0.15) is 12.1 Å².